The summed E-state index contributed by atoms with van der Waals surface area (Å²) >= 11 is 0. The normalized spacial score (nSPS) is 33.5. The first kappa shape index (κ1) is 9.25. The van der Waals surface area contributed by atoms with Crippen molar-refractivity contribution < 1.29 is 4.74 Å². The second kappa shape index (κ2) is 3.54. The zero-order valence-electron chi connectivity index (χ0n) is 9.22. The van der Waals surface area contributed by atoms with Crippen molar-refractivity contribution in [2.75, 3.05) is 6.61 Å². The van der Waals surface area contributed by atoms with Crippen molar-refractivity contribution >= 4 is 0 Å². The van der Waals surface area contributed by atoms with E-state index in [2.05, 4.69) is 5.10 Å². The number of hydrogen-bond acceptors (Lipinski definition) is 2. The quantitative estimate of drug-likeness (QED) is 0.758. The van der Waals surface area contributed by atoms with Gasteiger partial charge in [-0.15, -0.1) is 5.10 Å². The fraction of sp³-hybridized carbons (Fsp3) is 0.750. The van der Waals surface area contributed by atoms with E-state index in [9.17, 15) is 0 Å². The zero-order valence-corrected chi connectivity index (χ0v) is 9.22. The Balaban J connectivity index is 1.58. The molecular formula is C12H18N2O. The van der Waals surface area contributed by atoms with Crippen molar-refractivity contribution in [2.45, 2.75) is 25.7 Å². The molecular weight excluding hydrogens is 188 g/mol. The average molecular weight is 206 g/mol. The van der Waals surface area contributed by atoms with Crippen molar-refractivity contribution in [3.05, 3.63) is 12.3 Å². The summed E-state index contributed by atoms with van der Waals surface area (Å²) < 4.78 is 7.55. The third-order valence-electron chi connectivity index (χ3n) is 4.14. The zero-order chi connectivity index (χ0) is 10.3. The maximum Gasteiger partial charge on any atom is 0.232 e. The van der Waals surface area contributed by atoms with Crippen LogP contribution in [0.5, 0.6) is 5.88 Å². The van der Waals surface area contributed by atoms with Gasteiger partial charge in [0.05, 0.1) is 6.61 Å². The molecule has 0 saturated heterocycles. The molecule has 1 aromatic rings. The Morgan fingerprint density at radius 3 is 2.53 bits per heavy atom. The summed E-state index contributed by atoms with van der Waals surface area (Å²) in [4.78, 5) is 0. The summed E-state index contributed by atoms with van der Waals surface area (Å²) in [5.41, 5.74) is 0. The number of fused-ring (bicyclic) bond motifs is 2. The number of aromatic nitrogens is 2. The summed E-state index contributed by atoms with van der Waals surface area (Å²) in [6, 6.07) is 1.94. The molecule has 0 spiro atoms. The van der Waals surface area contributed by atoms with Crippen LogP contribution in [0.4, 0.5) is 0 Å². The molecule has 2 fully saturated rings. The topological polar surface area (TPSA) is 27.1 Å². The summed E-state index contributed by atoms with van der Waals surface area (Å²) in [6.45, 7) is 0.881. The van der Waals surface area contributed by atoms with Gasteiger partial charge in [0.15, 0.2) is 0 Å². The molecule has 0 aromatic carbocycles. The fourth-order valence-corrected chi connectivity index (χ4v) is 3.31. The molecule has 2 aliphatic rings. The average Bonchev–Trinajstić information content (AvgIpc) is 2.91. The third kappa shape index (κ3) is 1.64. The maximum absolute atomic E-state index is 5.76. The summed E-state index contributed by atoms with van der Waals surface area (Å²) in [6.07, 6.45) is 7.65. The van der Waals surface area contributed by atoms with Crippen LogP contribution in [0.2, 0.25) is 0 Å². The molecule has 0 atom stereocenters. The van der Waals surface area contributed by atoms with Gasteiger partial charge < -0.3 is 4.74 Å². The Morgan fingerprint density at radius 2 is 2.00 bits per heavy atom. The van der Waals surface area contributed by atoms with Crippen LogP contribution >= 0.6 is 0 Å². The van der Waals surface area contributed by atoms with Crippen molar-refractivity contribution in [1.29, 1.82) is 0 Å². The molecule has 0 N–H and O–H groups in total. The molecule has 82 valence electrons. The Morgan fingerprint density at radius 1 is 1.33 bits per heavy atom. The van der Waals surface area contributed by atoms with E-state index in [0.717, 1.165) is 30.2 Å². The van der Waals surface area contributed by atoms with E-state index in [0.29, 0.717) is 0 Å². The SMILES string of the molecule is Cn1ccc(OCC2C3CCC2CC3)n1. The second-order valence-corrected chi connectivity index (χ2v) is 4.98. The first-order valence-corrected chi connectivity index (χ1v) is 5.95. The van der Waals surface area contributed by atoms with Crippen LogP contribution in [0.15, 0.2) is 12.3 Å². The van der Waals surface area contributed by atoms with Gasteiger partial charge in [-0.1, -0.05) is 0 Å². The minimum Gasteiger partial charge on any atom is -0.476 e. The predicted octanol–water partition coefficient (Wildman–Crippen LogP) is 2.24. The lowest BCUT2D eigenvalue weighted by molar-refractivity contribution is 0.205. The number of ether oxygens (including phenoxy) is 1. The molecule has 2 aliphatic carbocycles. The minimum absolute atomic E-state index is 0.781. The number of rotatable bonds is 3. The standard InChI is InChI=1S/C12H18N2O/c1-14-7-6-12(13-14)15-8-11-9-2-3-10(11)5-4-9/h6-7,9-11H,2-5,8H2,1H3. The number of nitrogens with zero attached hydrogens (tertiary/aromatic N) is 2. The van der Waals surface area contributed by atoms with Gasteiger partial charge >= 0.3 is 0 Å². The Kier molecular flexibility index (Phi) is 2.19. The number of hydrogen-bond donors (Lipinski definition) is 0. The maximum atomic E-state index is 5.76. The van der Waals surface area contributed by atoms with Crippen LogP contribution < -0.4 is 4.74 Å². The van der Waals surface area contributed by atoms with E-state index in [4.69, 9.17) is 4.74 Å². The second-order valence-electron chi connectivity index (χ2n) is 4.98. The molecule has 2 saturated carbocycles. The highest BCUT2D eigenvalue weighted by Gasteiger charge is 2.41. The molecule has 0 aliphatic heterocycles. The van der Waals surface area contributed by atoms with Crippen LogP contribution in [0.3, 0.4) is 0 Å². The van der Waals surface area contributed by atoms with Gasteiger partial charge in [0, 0.05) is 19.3 Å². The third-order valence-corrected chi connectivity index (χ3v) is 4.14. The summed E-state index contributed by atoms with van der Waals surface area (Å²) in [5.74, 6) is 3.48. The molecule has 3 rings (SSSR count). The van der Waals surface area contributed by atoms with Gasteiger partial charge in [0.1, 0.15) is 0 Å². The van der Waals surface area contributed by atoms with Crippen molar-refractivity contribution in [3.8, 4) is 5.88 Å². The van der Waals surface area contributed by atoms with Gasteiger partial charge in [-0.05, 0) is 43.4 Å². The van der Waals surface area contributed by atoms with Crippen molar-refractivity contribution in [1.82, 2.24) is 9.78 Å². The lowest BCUT2D eigenvalue weighted by Crippen LogP contribution is -2.16. The van der Waals surface area contributed by atoms with Crippen LogP contribution in [-0.2, 0) is 7.05 Å². The van der Waals surface area contributed by atoms with Crippen LogP contribution in [-0.4, -0.2) is 16.4 Å². The highest BCUT2D eigenvalue weighted by Crippen LogP contribution is 2.49. The van der Waals surface area contributed by atoms with E-state index in [1.807, 2.05) is 19.3 Å². The smallest absolute Gasteiger partial charge is 0.232 e. The Bertz CT molecular complexity index is 327. The van der Waals surface area contributed by atoms with Gasteiger partial charge in [-0.3, -0.25) is 4.68 Å². The first-order chi connectivity index (χ1) is 7.33. The van der Waals surface area contributed by atoms with Crippen LogP contribution in [0.1, 0.15) is 25.7 Å². The van der Waals surface area contributed by atoms with Crippen LogP contribution in [0.25, 0.3) is 0 Å². The Labute approximate surface area is 90.4 Å². The monoisotopic (exact) mass is 206 g/mol. The highest BCUT2D eigenvalue weighted by atomic mass is 16.5. The molecule has 1 aromatic heterocycles. The minimum atomic E-state index is 0.781. The van der Waals surface area contributed by atoms with Gasteiger partial charge in [0.25, 0.3) is 0 Å². The van der Waals surface area contributed by atoms with Crippen molar-refractivity contribution in [2.24, 2.45) is 24.8 Å². The predicted molar refractivity (Wildman–Crippen MR) is 57.6 cm³/mol. The molecule has 2 bridgehead atoms. The molecule has 15 heavy (non-hydrogen) atoms. The lowest BCUT2D eigenvalue weighted by atomic mass is 9.99. The highest BCUT2D eigenvalue weighted by molar-refractivity contribution is 5.05. The molecule has 0 radical (unpaired) electrons. The lowest BCUT2D eigenvalue weighted by Gasteiger charge is -2.14. The van der Waals surface area contributed by atoms with Crippen molar-refractivity contribution in [3.63, 3.8) is 0 Å². The van der Waals surface area contributed by atoms with E-state index in [1.54, 1.807) is 4.68 Å². The molecule has 3 nitrogen and oxygen atoms in total. The van der Waals surface area contributed by atoms with E-state index in [-0.39, 0.29) is 0 Å². The number of aryl methyl sites for hydroxylation is 1. The molecule has 0 unspecified atom stereocenters. The van der Waals surface area contributed by atoms with Crippen LogP contribution in [0, 0.1) is 17.8 Å². The fourth-order valence-electron chi connectivity index (χ4n) is 3.31. The van der Waals surface area contributed by atoms with Gasteiger partial charge in [-0.25, -0.2) is 0 Å². The summed E-state index contributed by atoms with van der Waals surface area (Å²) in [5, 5.41) is 4.24. The Hall–Kier alpha value is -0.990. The largest absolute Gasteiger partial charge is 0.476 e. The van der Waals surface area contributed by atoms with Gasteiger partial charge in [-0.2, -0.15) is 0 Å². The van der Waals surface area contributed by atoms with E-state index < -0.39 is 0 Å². The first-order valence-electron chi connectivity index (χ1n) is 5.95. The molecule has 3 heteroatoms. The molecule has 1 heterocycles. The van der Waals surface area contributed by atoms with E-state index >= 15 is 0 Å². The van der Waals surface area contributed by atoms with E-state index in [1.165, 1.54) is 25.7 Å². The molecule has 0 amide bonds. The van der Waals surface area contributed by atoms with Gasteiger partial charge in [0.2, 0.25) is 5.88 Å². The summed E-state index contributed by atoms with van der Waals surface area (Å²) in [7, 11) is 1.92.